The van der Waals surface area contributed by atoms with Crippen LogP contribution >= 0.6 is 0 Å². The molecule has 2 N–H and O–H groups in total. The highest BCUT2D eigenvalue weighted by molar-refractivity contribution is 5.38. The number of aliphatic hydroxyl groups is 2. The first-order chi connectivity index (χ1) is 8.83. The van der Waals surface area contributed by atoms with E-state index in [4.69, 9.17) is 9.84 Å². The van der Waals surface area contributed by atoms with E-state index in [1.807, 2.05) is 48.5 Å². The Morgan fingerprint density at radius 1 is 0.889 bits per heavy atom. The second kappa shape index (κ2) is 6.19. The first-order valence-electron chi connectivity index (χ1n) is 5.90. The molecule has 0 saturated heterocycles. The Balaban J connectivity index is 2.13. The van der Waals surface area contributed by atoms with Crippen LogP contribution in [-0.4, -0.2) is 16.8 Å². The monoisotopic (exact) mass is 244 g/mol. The molecule has 2 rings (SSSR count). The Labute approximate surface area is 106 Å². The molecule has 18 heavy (non-hydrogen) atoms. The summed E-state index contributed by atoms with van der Waals surface area (Å²) in [4.78, 5) is 0. The number of hydrogen-bond acceptors (Lipinski definition) is 3. The highest BCUT2D eigenvalue weighted by Gasteiger charge is 2.03. The molecule has 0 atom stereocenters. The minimum absolute atomic E-state index is 0.0429. The van der Waals surface area contributed by atoms with Crippen LogP contribution in [0, 0.1) is 0 Å². The zero-order valence-electron chi connectivity index (χ0n) is 10.0. The molecule has 0 aliphatic rings. The third kappa shape index (κ3) is 3.09. The predicted molar refractivity (Wildman–Crippen MR) is 69.7 cm³/mol. The van der Waals surface area contributed by atoms with E-state index in [0.717, 1.165) is 16.9 Å². The molecule has 0 aliphatic heterocycles. The van der Waals surface area contributed by atoms with Gasteiger partial charge in [-0.2, -0.15) is 0 Å². The van der Waals surface area contributed by atoms with E-state index in [2.05, 4.69) is 0 Å². The van der Waals surface area contributed by atoms with E-state index in [9.17, 15) is 5.11 Å². The van der Waals surface area contributed by atoms with Gasteiger partial charge in [0.1, 0.15) is 11.5 Å². The topological polar surface area (TPSA) is 49.7 Å². The van der Waals surface area contributed by atoms with Gasteiger partial charge in [0.2, 0.25) is 0 Å². The fraction of sp³-hybridized carbons (Fsp3) is 0.200. The maximum absolute atomic E-state index is 9.20. The van der Waals surface area contributed by atoms with Crippen LogP contribution in [-0.2, 0) is 13.0 Å². The van der Waals surface area contributed by atoms with Crippen molar-refractivity contribution in [2.75, 3.05) is 6.61 Å². The van der Waals surface area contributed by atoms with Crippen molar-refractivity contribution in [3.63, 3.8) is 0 Å². The Kier molecular flexibility index (Phi) is 4.34. The standard InChI is InChI=1S/C15H16O3/c16-10-9-12-5-7-14(8-6-12)18-15-4-2-1-3-13(15)11-17/h1-8,16-17H,9-11H2. The zero-order valence-corrected chi connectivity index (χ0v) is 10.0. The molecule has 0 aliphatic carbocycles. The fourth-order valence-corrected chi connectivity index (χ4v) is 1.71. The second-order valence-electron chi connectivity index (χ2n) is 3.99. The van der Waals surface area contributed by atoms with Gasteiger partial charge in [-0.15, -0.1) is 0 Å². The molecule has 0 aromatic heterocycles. The minimum atomic E-state index is -0.0429. The highest BCUT2D eigenvalue weighted by Crippen LogP contribution is 2.25. The van der Waals surface area contributed by atoms with Crippen LogP contribution in [0.3, 0.4) is 0 Å². The Morgan fingerprint density at radius 2 is 1.61 bits per heavy atom. The predicted octanol–water partition coefficient (Wildman–Crippen LogP) is 2.51. The van der Waals surface area contributed by atoms with Gasteiger partial charge in [0.15, 0.2) is 0 Å². The molecule has 2 aromatic carbocycles. The number of rotatable bonds is 5. The van der Waals surface area contributed by atoms with E-state index >= 15 is 0 Å². The van der Waals surface area contributed by atoms with Gasteiger partial charge < -0.3 is 14.9 Å². The molecule has 0 saturated carbocycles. The van der Waals surface area contributed by atoms with Crippen LogP contribution in [0.5, 0.6) is 11.5 Å². The molecule has 0 heterocycles. The van der Waals surface area contributed by atoms with Crippen LogP contribution in [0.4, 0.5) is 0 Å². The number of hydrogen-bond donors (Lipinski definition) is 2. The van der Waals surface area contributed by atoms with Gasteiger partial charge in [-0.1, -0.05) is 30.3 Å². The van der Waals surface area contributed by atoms with Crippen LogP contribution < -0.4 is 4.74 Å². The van der Waals surface area contributed by atoms with Crippen LogP contribution in [0.1, 0.15) is 11.1 Å². The van der Waals surface area contributed by atoms with Crippen molar-refractivity contribution >= 4 is 0 Å². The molecule has 94 valence electrons. The molecule has 0 spiro atoms. The average Bonchev–Trinajstić information content (AvgIpc) is 2.42. The third-order valence-corrected chi connectivity index (χ3v) is 2.69. The summed E-state index contributed by atoms with van der Waals surface area (Å²) in [7, 11) is 0. The molecule has 0 unspecified atom stereocenters. The number of para-hydroxylation sites is 1. The molecule has 0 amide bonds. The smallest absolute Gasteiger partial charge is 0.132 e. The van der Waals surface area contributed by atoms with E-state index in [0.29, 0.717) is 12.2 Å². The van der Waals surface area contributed by atoms with Crippen LogP contribution in [0.2, 0.25) is 0 Å². The van der Waals surface area contributed by atoms with Crippen molar-refractivity contribution in [2.45, 2.75) is 13.0 Å². The van der Waals surface area contributed by atoms with E-state index in [1.165, 1.54) is 0 Å². The Morgan fingerprint density at radius 3 is 2.28 bits per heavy atom. The summed E-state index contributed by atoms with van der Waals surface area (Å²) in [6.45, 7) is 0.103. The van der Waals surface area contributed by atoms with Gasteiger partial charge in [-0.25, -0.2) is 0 Å². The quantitative estimate of drug-likeness (QED) is 0.849. The Hall–Kier alpha value is -1.84. The molecule has 0 fully saturated rings. The fourth-order valence-electron chi connectivity index (χ4n) is 1.71. The first kappa shape index (κ1) is 12.6. The van der Waals surface area contributed by atoms with Gasteiger partial charge in [0.25, 0.3) is 0 Å². The summed E-state index contributed by atoms with van der Waals surface area (Å²) in [6, 6.07) is 15.0. The zero-order chi connectivity index (χ0) is 12.8. The van der Waals surface area contributed by atoms with Gasteiger partial charge in [-0.3, -0.25) is 0 Å². The largest absolute Gasteiger partial charge is 0.457 e. The van der Waals surface area contributed by atoms with Crippen molar-refractivity contribution < 1.29 is 14.9 Å². The number of ether oxygens (including phenoxy) is 1. The van der Waals surface area contributed by atoms with Gasteiger partial charge >= 0.3 is 0 Å². The van der Waals surface area contributed by atoms with Gasteiger partial charge in [0.05, 0.1) is 6.61 Å². The summed E-state index contributed by atoms with van der Waals surface area (Å²) in [5, 5.41) is 18.0. The summed E-state index contributed by atoms with van der Waals surface area (Å²) in [5.41, 5.74) is 1.83. The van der Waals surface area contributed by atoms with Crippen molar-refractivity contribution in [1.29, 1.82) is 0 Å². The van der Waals surface area contributed by atoms with E-state index < -0.39 is 0 Å². The normalized spacial score (nSPS) is 10.3. The number of aliphatic hydroxyl groups excluding tert-OH is 2. The van der Waals surface area contributed by atoms with Gasteiger partial charge in [-0.05, 0) is 30.2 Å². The van der Waals surface area contributed by atoms with Crippen molar-refractivity contribution in [1.82, 2.24) is 0 Å². The first-order valence-corrected chi connectivity index (χ1v) is 5.90. The lowest BCUT2D eigenvalue weighted by molar-refractivity contribution is 0.276. The second-order valence-corrected chi connectivity index (χ2v) is 3.99. The summed E-state index contributed by atoms with van der Waals surface area (Å²) >= 11 is 0. The Bertz CT molecular complexity index is 491. The lowest BCUT2D eigenvalue weighted by atomic mass is 10.1. The molecule has 2 aromatic rings. The van der Waals surface area contributed by atoms with Crippen molar-refractivity contribution in [2.24, 2.45) is 0 Å². The molecule has 0 radical (unpaired) electrons. The molecular weight excluding hydrogens is 228 g/mol. The third-order valence-electron chi connectivity index (χ3n) is 2.69. The maximum Gasteiger partial charge on any atom is 0.132 e. The van der Waals surface area contributed by atoms with Crippen LogP contribution in [0.15, 0.2) is 48.5 Å². The summed E-state index contributed by atoms with van der Waals surface area (Å²) in [5.74, 6) is 1.38. The lowest BCUT2D eigenvalue weighted by Crippen LogP contribution is -1.93. The molecule has 3 heteroatoms. The molecular formula is C15H16O3. The maximum atomic E-state index is 9.20. The van der Waals surface area contributed by atoms with E-state index in [1.54, 1.807) is 0 Å². The van der Waals surface area contributed by atoms with Gasteiger partial charge in [0, 0.05) is 12.2 Å². The molecule has 0 bridgehead atoms. The molecule has 3 nitrogen and oxygen atoms in total. The number of benzene rings is 2. The minimum Gasteiger partial charge on any atom is -0.457 e. The van der Waals surface area contributed by atoms with Crippen molar-refractivity contribution in [3.05, 3.63) is 59.7 Å². The SMILES string of the molecule is OCCc1ccc(Oc2ccccc2CO)cc1. The van der Waals surface area contributed by atoms with E-state index in [-0.39, 0.29) is 13.2 Å². The average molecular weight is 244 g/mol. The summed E-state index contributed by atoms with van der Waals surface area (Å²) in [6.07, 6.45) is 0.646. The highest BCUT2D eigenvalue weighted by atomic mass is 16.5. The van der Waals surface area contributed by atoms with Crippen LogP contribution in [0.25, 0.3) is 0 Å². The lowest BCUT2D eigenvalue weighted by Gasteiger charge is -2.09. The summed E-state index contributed by atoms with van der Waals surface area (Å²) < 4.78 is 5.71. The van der Waals surface area contributed by atoms with Crippen molar-refractivity contribution in [3.8, 4) is 11.5 Å².